The van der Waals surface area contributed by atoms with Gasteiger partial charge in [-0.05, 0) is 12.0 Å². The van der Waals surface area contributed by atoms with Crippen LogP contribution in [0.2, 0.25) is 0 Å². The standard InChI is InChI=1S/C10H12.C4H6/c1-2-3-7-10-8-5-4-6-9-10;1-3-4-2/h3-9H,2H2,1H3;3-4H,1-2H2. The van der Waals surface area contributed by atoms with Gasteiger partial charge in [0.25, 0.3) is 0 Å². The topological polar surface area (TPSA) is 0 Å². The molecule has 0 heterocycles. The first-order valence-electron chi connectivity index (χ1n) is 4.80. The molecule has 0 bridgehead atoms. The molecule has 0 atom stereocenters. The summed E-state index contributed by atoms with van der Waals surface area (Å²) in [7, 11) is 0. The Kier molecular flexibility index (Phi) is 8.47. The van der Waals surface area contributed by atoms with Crippen LogP contribution in [0.25, 0.3) is 6.08 Å². The van der Waals surface area contributed by atoms with Crippen LogP contribution < -0.4 is 0 Å². The molecule has 0 saturated carbocycles. The minimum atomic E-state index is 1.11. The van der Waals surface area contributed by atoms with Crippen LogP contribution in [0.5, 0.6) is 0 Å². The summed E-state index contributed by atoms with van der Waals surface area (Å²) < 4.78 is 0. The predicted octanol–water partition coefficient (Wildman–Crippen LogP) is 4.47. The lowest BCUT2D eigenvalue weighted by molar-refractivity contribution is 1.23. The summed E-state index contributed by atoms with van der Waals surface area (Å²) in [5.41, 5.74) is 1.28. The Hall–Kier alpha value is -1.56. The van der Waals surface area contributed by atoms with Crippen LogP contribution >= 0.6 is 0 Å². The van der Waals surface area contributed by atoms with Crippen LogP contribution in [-0.2, 0) is 0 Å². The highest BCUT2D eigenvalue weighted by Crippen LogP contribution is 2.00. The molecule has 14 heavy (non-hydrogen) atoms. The van der Waals surface area contributed by atoms with Gasteiger partial charge in [-0.1, -0.05) is 74.7 Å². The summed E-state index contributed by atoms with van der Waals surface area (Å²) in [5.74, 6) is 0. The summed E-state index contributed by atoms with van der Waals surface area (Å²) in [6, 6.07) is 10.3. The van der Waals surface area contributed by atoms with Crippen molar-refractivity contribution < 1.29 is 0 Å². The van der Waals surface area contributed by atoms with Crippen molar-refractivity contribution in [2.45, 2.75) is 13.3 Å². The molecule has 0 aliphatic carbocycles. The molecule has 0 nitrogen and oxygen atoms in total. The van der Waals surface area contributed by atoms with Gasteiger partial charge in [0.05, 0.1) is 0 Å². The molecule has 0 amide bonds. The van der Waals surface area contributed by atoms with Crippen molar-refractivity contribution in [2.75, 3.05) is 0 Å². The van der Waals surface area contributed by atoms with Crippen molar-refractivity contribution in [1.29, 1.82) is 0 Å². The molecule has 0 radical (unpaired) electrons. The second-order valence-electron chi connectivity index (χ2n) is 2.69. The molecule has 1 aromatic rings. The van der Waals surface area contributed by atoms with Crippen LogP contribution in [0.15, 0.2) is 61.7 Å². The minimum absolute atomic E-state index is 1.11. The van der Waals surface area contributed by atoms with E-state index in [1.165, 1.54) is 5.56 Å². The third-order valence-electron chi connectivity index (χ3n) is 1.51. The van der Waals surface area contributed by atoms with Crippen LogP contribution in [0.1, 0.15) is 18.9 Å². The highest BCUT2D eigenvalue weighted by atomic mass is 13.8. The lowest BCUT2D eigenvalue weighted by Crippen LogP contribution is -1.66. The highest BCUT2D eigenvalue weighted by molar-refractivity contribution is 5.48. The van der Waals surface area contributed by atoms with E-state index in [2.05, 4.69) is 56.5 Å². The van der Waals surface area contributed by atoms with E-state index >= 15 is 0 Å². The molecule has 1 rings (SSSR count). The summed E-state index contributed by atoms with van der Waals surface area (Å²) >= 11 is 0. The van der Waals surface area contributed by atoms with E-state index in [1.807, 2.05) is 6.07 Å². The first kappa shape index (κ1) is 12.4. The Morgan fingerprint density at radius 3 is 2.07 bits per heavy atom. The number of benzene rings is 1. The Morgan fingerprint density at radius 2 is 1.64 bits per heavy atom. The molecular weight excluding hydrogens is 168 g/mol. The first-order valence-corrected chi connectivity index (χ1v) is 4.80. The second-order valence-corrected chi connectivity index (χ2v) is 2.69. The molecule has 0 saturated heterocycles. The first-order chi connectivity index (χ1) is 6.85. The lowest BCUT2D eigenvalue weighted by atomic mass is 10.2. The van der Waals surface area contributed by atoms with E-state index in [1.54, 1.807) is 12.2 Å². The molecule has 0 N–H and O–H groups in total. The molecular formula is C14H18. The van der Waals surface area contributed by atoms with Crippen molar-refractivity contribution >= 4 is 6.08 Å². The van der Waals surface area contributed by atoms with Gasteiger partial charge in [-0.25, -0.2) is 0 Å². The third-order valence-corrected chi connectivity index (χ3v) is 1.51. The van der Waals surface area contributed by atoms with E-state index in [9.17, 15) is 0 Å². The molecule has 0 fully saturated rings. The molecule has 0 heteroatoms. The number of hydrogen-bond donors (Lipinski definition) is 0. The predicted molar refractivity (Wildman–Crippen MR) is 66.2 cm³/mol. The van der Waals surface area contributed by atoms with Crippen LogP contribution in [-0.4, -0.2) is 0 Å². The van der Waals surface area contributed by atoms with Crippen molar-refractivity contribution in [3.63, 3.8) is 0 Å². The second kappa shape index (κ2) is 9.53. The van der Waals surface area contributed by atoms with Gasteiger partial charge in [0.15, 0.2) is 0 Å². The molecule has 1 aromatic carbocycles. The molecule has 0 unspecified atom stereocenters. The summed E-state index contributed by atoms with van der Waals surface area (Å²) in [4.78, 5) is 0. The molecule has 0 aliphatic heterocycles. The third kappa shape index (κ3) is 7.11. The fraction of sp³-hybridized carbons (Fsp3) is 0.143. The van der Waals surface area contributed by atoms with Crippen molar-refractivity contribution in [2.24, 2.45) is 0 Å². The number of rotatable bonds is 3. The molecule has 74 valence electrons. The molecule has 0 spiro atoms. The number of allylic oxidation sites excluding steroid dienone is 3. The minimum Gasteiger partial charge on any atom is -0.0991 e. The fourth-order valence-corrected chi connectivity index (χ4v) is 0.818. The lowest BCUT2D eigenvalue weighted by Gasteiger charge is -1.88. The summed E-state index contributed by atoms with van der Waals surface area (Å²) in [6.07, 6.45) is 8.68. The summed E-state index contributed by atoms with van der Waals surface area (Å²) in [6.45, 7) is 8.86. The average molecular weight is 186 g/mol. The Morgan fingerprint density at radius 1 is 1.07 bits per heavy atom. The van der Waals surface area contributed by atoms with E-state index in [0.29, 0.717) is 0 Å². The maximum atomic E-state index is 3.36. The van der Waals surface area contributed by atoms with Gasteiger partial charge in [0.2, 0.25) is 0 Å². The Labute approximate surface area is 87.3 Å². The smallest absolute Gasteiger partial charge is 0.0260 e. The zero-order valence-corrected chi connectivity index (χ0v) is 8.82. The van der Waals surface area contributed by atoms with Crippen LogP contribution in [0.4, 0.5) is 0 Å². The Balaban J connectivity index is 0.000000364. The van der Waals surface area contributed by atoms with Gasteiger partial charge in [-0.2, -0.15) is 0 Å². The van der Waals surface area contributed by atoms with Gasteiger partial charge < -0.3 is 0 Å². The largest absolute Gasteiger partial charge is 0.0991 e. The monoisotopic (exact) mass is 186 g/mol. The van der Waals surface area contributed by atoms with E-state index in [4.69, 9.17) is 0 Å². The van der Waals surface area contributed by atoms with Gasteiger partial charge in [-0.15, -0.1) is 0 Å². The van der Waals surface area contributed by atoms with E-state index < -0.39 is 0 Å². The van der Waals surface area contributed by atoms with Gasteiger partial charge >= 0.3 is 0 Å². The maximum absolute atomic E-state index is 3.36. The molecule has 0 aromatic heterocycles. The quantitative estimate of drug-likeness (QED) is 0.611. The normalized spacial score (nSPS) is 8.93. The van der Waals surface area contributed by atoms with Crippen molar-refractivity contribution in [1.82, 2.24) is 0 Å². The van der Waals surface area contributed by atoms with Gasteiger partial charge in [-0.3, -0.25) is 0 Å². The zero-order chi connectivity index (χ0) is 10.6. The average Bonchev–Trinajstić information content (AvgIpc) is 2.28. The summed E-state index contributed by atoms with van der Waals surface area (Å²) in [5, 5.41) is 0. The fourth-order valence-electron chi connectivity index (χ4n) is 0.818. The van der Waals surface area contributed by atoms with Crippen molar-refractivity contribution in [3.05, 3.63) is 67.3 Å². The van der Waals surface area contributed by atoms with Gasteiger partial charge in [0, 0.05) is 0 Å². The van der Waals surface area contributed by atoms with E-state index in [-0.39, 0.29) is 0 Å². The number of hydrogen-bond acceptors (Lipinski definition) is 0. The SMILES string of the molecule is C=CC=C.CCC=Cc1ccccc1. The van der Waals surface area contributed by atoms with E-state index in [0.717, 1.165) is 6.42 Å². The Bertz CT molecular complexity index is 261. The van der Waals surface area contributed by atoms with Crippen molar-refractivity contribution in [3.8, 4) is 0 Å². The van der Waals surface area contributed by atoms with Crippen LogP contribution in [0, 0.1) is 0 Å². The maximum Gasteiger partial charge on any atom is -0.0260 e. The van der Waals surface area contributed by atoms with Crippen LogP contribution in [0.3, 0.4) is 0 Å². The molecule has 0 aliphatic rings. The highest BCUT2D eigenvalue weighted by Gasteiger charge is 1.78. The zero-order valence-electron chi connectivity index (χ0n) is 8.82. The van der Waals surface area contributed by atoms with Gasteiger partial charge in [0.1, 0.15) is 0 Å².